The van der Waals surface area contributed by atoms with Gasteiger partial charge in [-0.05, 0) is 26.8 Å². The molecule has 0 bridgehead atoms. The first-order chi connectivity index (χ1) is 11.2. The summed E-state index contributed by atoms with van der Waals surface area (Å²) >= 11 is 0. The highest BCUT2D eigenvalue weighted by atomic mass is 19.1. The number of cyclic esters (lactones) is 1. The predicted octanol–water partition coefficient (Wildman–Crippen LogP) is 2.57. The van der Waals surface area contributed by atoms with Crippen LogP contribution in [0.15, 0.2) is 18.2 Å². The Bertz CT molecular complexity index is 691. The maximum atomic E-state index is 14.3. The quantitative estimate of drug-likeness (QED) is 0.464. The SMILES string of the molecule is CCOC(=O)CN1C(=O)OC(C)(C)C1c1cc([N+](=O)[O-])ccc1F. The molecule has 1 amide bonds. The third kappa shape index (κ3) is 3.29. The van der Waals surface area contributed by atoms with Gasteiger partial charge in [0.05, 0.1) is 11.5 Å². The minimum absolute atomic E-state index is 0.0932. The molecule has 1 atom stereocenters. The van der Waals surface area contributed by atoms with Crippen LogP contribution in [0.25, 0.3) is 0 Å². The third-order valence-corrected chi connectivity index (χ3v) is 3.64. The summed E-state index contributed by atoms with van der Waals surface area (Å²) in [7, 11) is 0. The normalized spacial score (nSPS) is 19.1. The highest BCUT2D eigenvalue weighted by Crippen LogP contribution is 2.42. The molecule has 130 valence electrons. The van der Waals surface area contributed by atoms with Crippen molar-refractivity contribution in [2.75, 3.05) is 13.2 Å². The van der Waals surface area contributed by atoms with Gasteiger partial charge in [0.2, 0.25) is 0 Å². The van der Waals surface area contributed by atoms with Crippen molar-refractivity contribution in [3.8, 4) is 0 Å². The van der Waals surface area contributed by atoms with Crippen molar-refractivity contribution in [3.63, 3.8) is 0 Å². The molecule has 0 spiro atoms. The fourth-order valence-electron chi connectivity index (χ4n) is 2.72. The molecule has 2 rings (SSSR count). The van der Waals surface area contributed by atoms with E-state index >= 15 is 0 Å². The van der Waals surface area contributed by atoms with Gasteiger partial charge in [0.1, 0.15) is 24.0 Å². The number of ether oxygens (including phenoxy) is 2. The summed E-state index contributed by atoms with van der Waals surface area (Å²) in [6.45, 7) is 4.38. The molecule has 0 saturated carbocycles. The van der Waals surface area contributed by atoms with Crippen LogP contribution < -0.4 is 0 Å². The van der Waals surface area contributed by atoms with Gasteiger partial charge in [0, 0.05) is 17.7 Å². The van der Waals surface area contributed by atoms with Crippen LogP contribution in [0.2, 0.25) is 0 Å². The summed E-state index contributed by atoms with van der Waals surface area (Å²) in [4.78, 5) is 35.1. The Labute approximate surface area is 137 Å². The maximum absolute atomic E-state index is 14.3. The molecule has 1 aliphatic heterocycles. The first-order valence-electron chi connectivity index (χ1n) is 7.26. The van der Waals surface area contributed by atoms with Crippen molar-refractivity contribution in [2.45, 2.75) is 32.4 Å². The van der Waals surface area contributed by atoms with Crippen LogP contribution >= 0.6 is 0 Å². The average molecular weight is 340 g/mol. The van der Waals surface area contributed by atoms with E-state index in [2.05, 4.69) is 0 Å². The molecule has 1 saturated heterocycles. The summed E-state index contributed by atoms with van der Waals surface area (Å²) in [5.41, 5.74) is -1.60. The molecular weight excluding hydrogens is 323 g/mol. The number of nitrogens with zero attached hydrogens (tertiary/aromatic N) is 2. The topological polar surface area (TPSA) is 99.0 Å². The molecule has 1 aromatic carbocycles. The van der Waals surface area contributed by atoms with Gasteiger partial charge < -0.3 is 9.47 Å². The van der Waals surface area contributed by atoms with Crippen LogP contribution in [0.3, 0.4) is 0 Å². The van der Waals surface area contributed by atoms with E-state index in [-0.39, 0.29) is 17.9 Å². The lowest BCUT2D eigenvalue weighted by molar-refractivity contribution is -0.385. The van der Waals surface area contributed by atoms with E-state index in [1.807, 2.05) is 0 Å². The lowest BCUT2D eigenvalue weighted by Crippen LogP contribution is -2.38. The van der Waals surface area contributed by atoms with E-state index in [1.165, 1.54) is 0 Å². The Balaban J connectivity index is 2.46. The van der Waals surface area contributed by atoms with E-state index in [0.29, 0.717) is 0 Å². The van der Waals surface area contributed by atoms with Gasteiger partial charge in [-0.3, -0.25) is 19.8 Å². The Morgan fingerprint density at radius 1 is 1.50 bits per heavy atom. The molecule has 1 heterocycles. The van der Waals surface area contributed by atoms with Crippen molar-refractivity contribution in [1.82, 2.24) is 4.90 Å². The third-order valence-electron chi connectivity index (χ3n) is 3.64. The summed E-state index contributed by atoms with van der Waals surface area (Å²) in [5.74, 6) is -1.41. The number of esters is 1. The lowest BCUT2D eigenvalue weighted by atomic mass is 9.91. The molecule has 1 unspecified atom stereocenters. The second-order valence-corrected chi connectivity index (χ2v) is 5.77. The van der Waals surface area contributed by atoms with E-state index < -0.39 is 41.0 Å². The zero-order valence-electron chi connectivity index (χ0n) is 13.4. The second-order valence-electron chi connectivity index (χ2n) is 5.77. The first kappa shape index (κ1) is 17.6. The number of hydrogen-bond donors (Lipinski definition) is 0. The molecular formula is C15H17FN2O6. The van der Waals surface area contributed by atoms with Crippen LogP contribution in [0, 0.1) is 15.9 Å². The predicted molar refractivity (Wildman–Crippen MR) is 79.7 cm³/mol. The molecule has 0 aliphatic carbocycles. The van der Waals surface area contributed by atoms with Crippen molar-refractivity contribution >= 4 is 17.7 Å². The Morgan fingerprint density at radius 3 is 2.75 bits per heavy atom. The average Bonchev–Trinajstić information content (AvgIpc) is 2.69. The molecule has 0 radical (unpaired) electrons. The zero-order chi connectivity index (χ0) is 18.1. The van der Waals surface area contributed by atoms with Gasteiger partial charge in [0.25, 0.3) is 5.69 Å². The molecule has 1 aromatic rings. The molecule has 8 nitrogen and oxygen atoms in total. The monoisotopic (exact) mass is 340 g/mol. The number of halogens is 1. The highest BCUT2D eigenvalue weighted by molar-refractivity contribution is 5.80. The summed E-state index contributed by atoms with van der Waals surface area (Å²) < 4.78 is 24.3. The Morgan fingerprint density at radius 2 is 2.17 bits per heavy atom. The van der Waals surface area contributed by atoms with Crippen LogP contribution in [-0.4, -0.2) is 40.6 Å². The maximum Gasteiger partial charge on any atom is 0.411 e. The van der Waals surface area contributed by atoms with Gasteiger partial charge >= 0.3 is 12.1 Å². The van der Waals surface area contributed by atoms with Crippen molar-refractivity contribution in [2.24, 2.45) is 0 Å². The number of benzene rings is 1. The van der Waals surface area contributed by atoms with E-state index in [1.54, 1.807) is 20.8 Å². The smallest absolute Gasteiger partial charge is 0.411 e. The Hall–Kier alpha value is -2.71. The fraction of sp³-hybridized carbons (Fsp3) is 0.467. The fourth-order valence-corrected chi connectivity index (χ4v) is 2.72. The number of rotatable bonds is 5. The van der Waals surface area contributed by atoms with Gasteiger partial charge in [-0.25, -0.2) is 9.18 Å². The van der Waals surface area contributed by atoms with E-state index in [0.717, 1.165) is 23.1 Å². The first-order valence-corrected chi connectivity index (χ1v) is 7.26. The zero-order valence-corrected chi connectivity index (χ0v) is 13.4. The molecule has 0 N–H and O–H groups in total. The molecule has 24 heavy (non-hydrogen) atoms. The Kier molecular flexibility index (Phi) is 4.72. The van der Waals surface area contributed by atoms with Crippen molar-refractivity contribution in [3.05, 3.63) is 39.7 Å². The minimum atomic E-state index is -1.18. The number of nitro benzene ring substituents is 1. The number of carbonyl (C=O) groups is 2. The van der Waals surface area contributed by atoms with Crippen LogP contribution in [0.4, 0.5) is 14.9 Å². The summed E-state index contributed by atoms with van der Waals surface area (Å²) in [5, 5.41) is 10.9. The standard InChI is InChI=1S/C15H17FN2O6/c1-4-23-12(19)8-17-13(15(2,3)24-14(17)20)10-7-9(18(21)22)5-6-11(10)16/h5-7,13H,4,8H2,1-3H3. The number of amides is 1. The van der Waals surface area contributed by atoms with Gasteiger partial charge in [-0.15, -0.1) is 0 Å². The van der Waals surface area contributed by atoms with Gasteiger partial charge in [0.15, 0.2) is 0 Å². The minimum Gasteiger partial charge on any atom is -0.465 e. The molecule has 1 fully saturated rings. The highest BCUT2D eigenvalue weighted by Gasteiger charge is 2.50. The number of carbonyl (C=O) groups excluding carboxylic acids is 2. The van der Waals surface area contributed by atoms with Gasteiger partial charge in [-0.1, -0.05) is 0 Å². The largest absolute Gasteiger partial charge is 0.465 e. The molecule has 1 aliphatic rings. The number of non-ortho nitro benzene ring substituents is 1. The van der Waals surface area contributed by atoms with Crippen molar-refractivity contribution in [1.29, 1.82) is 0 Å². The van der Waals surface area contributed by atoms with Crippen LogP contribution in [0.5, 0.6) is 0 Å². The number of nitro groups is 1. The molecule has 0 aromatic heterocycles. The van der Waals surface area contributed by atoms with E-state index in [4.69, 9.17) is 9.47 Å². The molecule has 9 heteroatoms. The van der Waals surface area contributed by atoms with Crippen molar-refractivity contribution < 1.29 is 28.4 Å². The van der Waals surface area contributed by atoms with Gasteiger partial charge in [-0.2, -0.15) is 0 Å². The second kappa shape index (κ2) is 6.42. The summed E-state index contributed by atoms with van der Waals surface area (Å²) in [6.07, 6.45) is -0.816. The van der Waals surface area contributed by atoms with E-state index in [9.17, 15) is 24.1 Å². The summed E-state index contributed by atoms with van der Waals surface area (Å²) in [6, 6.07) is 2.02. The lowest BCUT2D eigenvalue weighted by Gasteiger charge is -2.28. The van der Waals surface area contributed by atoms with Crippen LogP contribution in [0.1, 0.15) is 32.4 Å². The van der Waals surface area contributed by atoms with Crippen LogP contribution in [-0.2, 0) is 14.3 Å². The number of hydrogen-bond acceptors (Lipinski definition) is 6.